The number of rotatable bonds is 7. The molecule has 0 aliphatic carbocycles. The number of aromatic nitrogens is 2. The molecule has 0 aliphatic heterocycles. The third-order valence-electron chi connectivity index (χ3n) is 4.26. The van der Waals surface area contributed by atoms with Crippen molar-refractivity contribution in [3.63, 3.8) is 0 Å². The van der Waals surface area contributed by atoms with Gasteiger partial charge in [-0.25, -0.2) is 4.98 Å². The van der Waals surface area contributed by atoms with E-state index in [2.05, 4.69) is 9.97 Å². The van der Waals surface area contributed by atoms with Crippen LogP contribution in [0.1, 0.15) is 36.5 Å². The number of H-pyrrole nitrogens is 1. The zero-order chi connectivity index (χ0) is 20.4. The van der Waals surface area contributed by atoms with Gasteiger partial charge in [0.2, 0.25) is 5.91 Å². The molecule has 1 unspecified atom stereocenters. The number of aryl methyl sites for hydroxylation is 2. The maximum atomic E-state index is 12.4. The second-order valence-corrected chi connectivity index (χ2v) is 8.74. The minimum Gasteiger partial charge on any atom is -0.342 e. The van der Waals surface area contributed by atoms with Gasteiger partial charge in [0.25, 0.3) is 5.56 Å². The van der Waals surface area contributed by atoms with Gasteiger partial charge in [-0.1, -0.05) is 0 Å². The van der Waals surface area contributed by atoms with Gasteiger partial charge in [0.05, 0.1) is 22.8 Å². The first kappa shape index (κ1) is 21.7. The molecule has 10 heteroatoms. The van der Waals surface area contributed by atoms with Crippen LogP contribution in [0, 0.1) is 13.8 Å². The van der Waals surface area contributed by atoms with Gasteiger partial charge >= 0.3 is 6.18 Å². The molecule has 5 nitrogen and oxygen atoms in total. The standard InChI is InChI=1S/C17H22F3N3O2S2/c1-5-23(7-6-17(18,19)20)16(25)11(4)26-8-12-21-14(24)13-9(2)10(3)27-15(13)22-12/h11H,5-8H2,1-4H3,(H,21,22,24). The molecule has 2 rings (SSSR count). The Morgan fingerprint density at radius 3 is 2.63 bits per heavy atom. The van der Waals surface area contributed by atoms with Gasteiger partial charge < -0.3 is 9.88 Å². The molecule has 0 bridgehead atoms. The van der Waals surface area contributed by atoms with Crippen LogP contribution < -0.4 is 5.56 Å². The third kappa shape index (κ3) is 5.47. The fourth-order valence-electron chi connectivity index (χ4n) is 2.59. The predicted molar refractivity (Wildman–Crippen MR) is 103 cm³/mol. The number of amides is 1. The number of nitrogens with one attached hydrogen (secondary N) is 1. The highest BCUT2D eigenvalue weighted by atomic mass is 32.2. The first-order valence-electron chi connectivity index (χ1n) is 8.49. The van der Waals surface area contributed by atoms with E-state index in [0.29, 0.717) is 21.8 Å². The van der Waals surface area contributed by atoms with Gasteiger partial charge in [0, 0.05) is 18.0 Å². The van der Waals surface area contributed by atoms with E-state index in [9.17, 15) is 22.8 Å². The monoisotopic (exact) mass is 421 g/mol. The van der Waals surface area contributed by atoms with Gasteiger partial charge in [-0.15, -0.1) is 23.1 Å². The van der Waals surface area contributed by atoms with Crippen molar-refractivity contribution in [3.05, 3.63) is 26.6 Å². The van der Waals surface area contributed by atoms with Gasteiger partial charge in [-0.05, 0) is 33.3 Å². The highest BCUT2D eigenvalue weighted by Gasteiger charge is 2.29. The summed E-state index contributed by atoms with van der Waals surface area (Å²) in [4.78, 5) is 34.7. The predicted octanol–water partition coefficient (Wildman–Crippen LogP) is 4.02. The quantitative estimate of drug-likeness (QED) is 0.733. The van der Waals surface area contributed by atoms with Gasteiger partial charge in [-0.2, -0.15) is 13.2 Å². The molecule has 2 aromatic rings. The Kier molecular flexibility index (Phi) is 6.96. The minimum absolute atomic E-state index is 0.211. The lowest BCUT2D eigenvalue weighted by molar-refractivity contribution is -0.144. The van der Waals surface area contributed by atoms with Crippen molar-refractivity contribution in [3.8, 4) is 0 Å². The van der Waals surface area contributed by atoms with Crippen LogP contribution in [0.25, 0.3) is 10.2 Å². The number of thiophene rings is 1. The Balaban J connectivity index is 2.03. The van der Waals surface area contributed by atoms with E-state index in [-0.39, 0.29) is 24.6 Å². The van der Waals surface area contributed by atoms with Crippen LogP contribution in [0.15, 0.2) is 4.79 Å². The molecular formula is C17H22F3N3O2S2. The number of carbonyl (C=O) groups is 1. The molecule has 150 valence electrons. The van der Waals surface area contributed by atoms with Crippen LogP contribution in [0.2, 0.25) is 0 Å². The van der Waals surface area contributed by atoms with E-state index in [1.165, 1.54) is 28.0 Å². The Morgan fingerprint density at radius 1 is 1.37 bits per heavy atom. The lowest BCUT2D eigenvalue weighted by Gasteiger charge is -2.24. The largest absolute Gasteiger partial charge is 0.390 e. The molecule has 0 aromatic carbocycles. The minimum atomic E-state index is -4.29. The van der Waals surface area contributed by atoms with Crippen molar-refractivity contribution >= 4 is 39.2 Å². The SMILES string of the molecule is CCN(CCC(F)(F)F)C(=O)C(C)SCc1nc2sc(C)c(C)c2c(=O)[nH]1. The molecule has 1 N–H and O–H groups in total. The fourth-order valence-corrected chi connectivity index (χ4v) is 4.47. The number of fused-ring (bicyclic) bond motifs is 1. The summed E-state index contributed by atoms with van der Waals surface area (Å²) in [5, 5.41) is 0.0469. The van der Waals surface area contributed by atoms with Crippen LogP contribution in [0.4, 0.5) is 13.2 Å². The van der Waals surface area contributed by atoms with Crippen LogP contribution in [0.3, 0.4) is 0 Å². The van der Waals surface area contributed by atoms with E-state index in [0.717, 1.165) is 10.4 Å². The number of hydrogen-bond acceptors (Lipinski definition) is 5. The van der Waals surface area contributed by atoms with Gasteiger partial charge in [0.15, 0.2) is 0 Å². The molecule has 1 amide bonds. The van der Waals surface area contributed by atoms with Crippen molar-refractivity contribution in [2.45, 2.75) is 51.3 Å². The molecule has 0 spiro atoms. The number of aromatic amines is 1. The Labute approximate surface area is 163 Å². The number of thioether (sulfide) groups is 1. The maximum absolute atomic E-state index is 12.4. The highest BCUT2D eigenvalue weighted by molar-refractivity contribution is 7.99. The number of halogens is 3. The first-order chi connectivity index (χ1) is 12.5. The third-order valence-corrected chi connectivity index (χ3v) is 6.51. The smallest absolute Gasteiger partial charge is 0.342 e. The van der Waals surface area contributed by atoms with E-state index < -0.39 is 17.8 Å². The van der Waals surface area contributed by atoms with E-state index >= 15 is 0 Å². The molecule has 2 aromatic heterocycles. The molecule has 0 saturated heterocycles. The number of alkyl halides is 3. The second kappa shape index (κ2) is 8.64. The maximum Gasteiger partial charge on any atom is 0.390 e. The fraction of sp³-hybridized carbons (Fsp3) is 0.588. The lowest BCUT2D eigenvalue weighted by Crippen LogP contribution is -2.38. The number of nitrogens with zero attached hydrogens (tertiary/aromatic N) is 2. The van der Waals surface area contributed by atoms with E-state index in [1.807, 2.05) is 13.8 Å². The van der Waals surface area contributed by atoms with E-state index in [1.54, 1.807) is 13.8 Å². The molecule has 1 atom stereocenters. The summed E-state index contributed by atoms with van der Waals surface area (Å²) < 4.78 is 37.2. The summed E-state index contributed by atoms with van der Waals surface area (Å²) in [5.74, 6) is 0.403. The van der Waals surface area contributed by atoms with E-state index in [4.69, 9.17) is 0 Å². The second-order valence-electron chi connectivity index (χ2n) is 6.21. The van der Waals surface area contributed by atoms with Crippen LogP contribution in [-0.2, 0) is 10.5 Å². The molecule has 27 heavy (non-hydrogen) atoms. The Bertz CT molecular complexity index is 877. The first-order valence-corrected chi connectivity index (χ1v) is 10.4. The summed E-state index contributed by atoms with van der Waals surface area (Å²) in [6, 6.07) is 0. The van der Waals surface area contributed by atoms with Crippen molar-refractivity contribution in [2.24, 2.45) is 0 Å². The molecular weight excluding hydrogens is 399 g/mol. The molecule has 2 heterocycles. The van der Waals surface area contributed by atoms with Crippen molar-refractivity contribution in [2.75, 3.05) is 13.1 Å². The topological polar surface area (TPSA) is 66.1 Å². The molecule has 0 saturated carbocycles. The van der Waals surface area contributed by atoms with Crippen molar-refractivity contribution in [1.29, 1.82) is 0 Å². The summed E-state index contributed by atoms with van der Waals surface area (Å²) in [7, 11) is 0. The summed E-state index contributed by atoms with van der Waals surface area (Å²) >= 11 is 2.69. The van der Waals surface area contributed by atoms with Gasteiger partial charge in [0.1, 0.15) is 10.7 Å². The Hall–Kier alpha value is -1.55. The zero-order valence-electron chi connectivity index (χ0n) is 15.6. The molecule has 0 fully saturated rings. The van der Waals surface area contributed by atoms with Crippen LogP contribution >= 0.6 is 23.1 Å². The molecule has 0 aliphatic rings. The summed E-state index contributed by atoms with van der Waals surface area (Å²) in [6.07, 6.45) is -5.31. The highest BCUT2D eigenvalue weighted by Crippen LogP contribution is 2.27. The normalized spacial score (nSPS) is 13.1. The summed E-state index contributed by atoms with van der Waals surface area (Å²) in [6.45, 7) is 6.98. The average molecular weight is 422 g/mol. The van der Waals surface area contributed by atoms with Crippen molar-refractivity contribution in [1.82, 2.24) is 14.9 Å². The Morgan fingerprint density at radius 2 is 2.04 bits per heavy atom. The van der Waals surface area contributed by atoms with Crippen LogP contribution in [0.5, 0.6) is 0 Å². The van der Waals surface area contributed by atoms with Gasteiger partial charge in [-0.3, -0.25) is 9.59 Å². The lowest BCUT2D eigenvalue weighted by atomic mass is 10.2. The average Bonchev–Trinajstić information content (AvgIpc) is 2.86. The van der Waals surface area contributed by atoms with Crippen LogP contribution in [-0.4, -0.2) is 45.3 Å². The number of hydrogen-bond donors (Lipinski definition) is 1. The molecule has 0 radical (unpaired) electrons. The zero-order valence-corrected chi connectivity index (χ0v) is 17.2. The number of carbonyl (C=O) groups excluding carboxylic acids is 1. The van der Waals surface area contributed by atoms with Crippen molar-refractivity contribution < 1.29 is 18.0 Å². The summed E-state index contributed by atoms with van der Waals surface area (Å²) in [5.41, 5.74) is 0.701.